The Balaban J connectivity index is 4.74. The second-order valence-corrected chi connectivity index (χ2v) is 12.7. The molecule has 137 valence electrons. The van der Waals surface area contributed by atoms with Crippen molar-refractivity contribution in [2.75, 3.05) is 6.16 Å². The fourth-order valence-corrected chi connectivity index (χ4v) is 5.50. The lowest BCUT2D eigenvalue weighted by atomic mass is 9.64. The van der Waals surface area contributed by atoms with Gasteiger partial charge in [-0.1, -0.05) is 69.2 Å². The smallest absolute Gasteiger partial charge is 0.152 e. The van der Waals surface area contributed by atoms with E-state index < -0.39 is 0 Å². The largest absolute Gasteiger partial charge is 0.230 e. The van der Waals surface area contributed by atoms with E-state index in [0.717, 1.165) is 38.0 Å². The van der Waals surface area contributed by atoms with Gasteiger partial charge in [0.25, 0.3) is 0 Å². The molecule has 0 aromatic rings. The Bertz CT molecular complexity index is 328. The topological polar surface area (TPSA) is 0 Å². The average molecular weight is 451 g/mol. The van der Waals surface area contributed by atoms with E-state index in [1.807, 2.05) is 0 Å². The number of rotatable bonds is 11. The Morgan fingerprint density at radius 1 is 0.870 bits per heavy atom. The molecule has 5 atom stereocenters. The second-order valence-electron chi connectivity index (χ2n) is 9.90. The van der Waals surface area contributed by atoms with Crippen LogP contribution in [-0.4, -0.2) is 11.0 Å². The van der Waals surface area contributed by atoms with Gasteiger partial charge in [-0.3, -0.25) is 0 Å². The van der Waals surface area contributed by atoms with Crippen molar-refractivity contribution in [1.82, 2.24) is 0 Å². The van der Waals surface area contributed by atoms with Gasteiger partial charge in [-0.2, -0.15) is 22.4 Å². The highest BCUT2D eigenvalue weighted by Gasteiger charge is 2.35. The van der Waals surface area contributed by atoms with Gasteiger partial charge < -0.3 is 0 Å². The van der Waals surface area contributed by atoms with Crippen LogP contribution in [0.15, 0.2) is 0 Å². The zero-order valence-electron chi connectivity index (χ0n) is 17.5. The van der Waals surface area contributed by atoms with E-state index in [1.54, 1.807) is 0 Å². The van der Waals surface area contributed by atoms with Crippen molar-refractivity contribution in [2.24, 2.45) is 40.4 Å². The Hall–Kier alpha value is 1.22. The van der Waals surface area contributed by atoms with E-state index >= 15 is 0 Å². The van der Waals surface area contributed by atoms with Gasteiger partial charge in [-0.25, -0.2) is 0 Å². The quantitative estimate of drug-likeness (QED) is 0.172. The SMILES string of the molecule is CC(C)C(C)C(C)CC(C)(C)C(C)C(C)CC(C)(C)CP[B]I. The molecule has 0 aromatic heterocycles. The molecule has 3 heteroatoms. The van der Waals surface area contributed by atoms with E-state index in [4.69, 9.17) is 0 Å². The van der Waals surface area contributed by atoms with Crippen LogP contribution in [0.3, 0.4) is 0 Å². The maximum atomic E-state index is 2.51. The summed E-state index contributed by atoms with van der Waals surface area (Å²) in [5, 5.41) is 0. The minimum absolute atomic E-state index is 0.426. The summed E-state index contributed by atoms with van der Waals surface area (Å²) in [6.07, 6.45) is 4.04. The fourth-order valence-electron chi connectivity index (χ4n) is 4.06. The van der Waals surface area contributed by atoms with Gasteiger partial charge in [0.1, 0.15) is 0 Å². The van der Waals surface area contributed by atoms with Crippen LogP contribution in [0.2, 0.25) is 0 Å². The van der Waals surface area contributed by atoms with Crippen molar-refractivity contribution < 1.29 is 0 Å². The van der Waals surface area contributed by atoms with Crippen LogP contribution in [0.25, 0.3) is 0 Å². The van der Waals surface area contributed by atoms with Gasteiger partial charge in [-0.15, -0.1) is 8.46 Å². The number of halogens is 1. The summed E-state index contributed by atoms with van der Waals surface area (Å²) in [5.74, 6) is 3.98. The minimum Gasteiger partial charge on any atom is -0.152 e. The lowest BCUT2D eigenvalue weighted by Gasteiger charge is -2.42. The molecule has 0 saturated heterocycles. The predicted molar refractivity (Wildman–Crippen MR) is 121 cm³/mol. The average Bonchev–Trinajstić information content (AvgIpc) is 2.42. The van der Waals surface area contributed by atoms with E-state index in [2.05, 4.69) is 96.5 Å². The molecular weight excluding hydrogens is 409 g/mol. The van der Waals surface area contributed by atoms with Crippen LogP contribution in [0.4, 0.5) is 0 Å². The Morgan fingerprint density at radius 3 is 1.83 bits per heavy atom. The van der Waals surface area contributed by atoms with Crippen molar-refractivity contribution in [3.63, 3.8) is 0 Å². The molecule has 0 aromatic carbocycles. The third-order valence-electron chi connectivity index (χ3n) is 6.42. The number of hydrogen-bond acceptors (Lipinski definition) is 0. The van der Waals surface area contributed by atoms with Gasteiger partial charge in [0.05, 0.1) is 0 Å². The molecule has 0 heterocycles. The molecule has 0 amide bonds. The highest BCUT2D eigenvalue weighted by atomic mass is 127. The molecular formula is C20H42BIP. The van der Waals surface area contributed by atoms with Crippen molar-refractivity contribution in [3.8, 4) is 0 Å². The van der Waals surface area contributed by atoms with E-state index in [1.165, 1.54) is 19.0 Å². The van der Waals surface area contributed by atoms with Crippen molar-refractivity contribution in [3.05, 3.63) is 0 Å². The van der Waals surface area contributed by atoms with Gasteiger partial charge in [-0.05, 0) is 59.4 Å². The summed E-state index contributed by atoms with van der Waals surface area (Å²) in [4.78, 5) is 2.31. The first kappa shape index (κ1) is 24.2. The summed E-state index contributed by atoms with van der Waals surface area (Å²) < 4.78 is 0. The summed E-state index contributed by atoms with van der Waals surface area (Å²) in [6, 6.07) is 0. The molecule has 0 N–H and O–H groups in total. The van der Waals surface area contributed by atoms with Crippen LogP contribution in [0, 0.1) is 40.4 Å². The molecule has 0 aliphatic heterocycles. The summed E-state index contributed by atoms with van der Waals surface area (Å²) in [6.45, 7) is 24.5. The zero-order chi connectivity index (χ0) is 18.4. The van der Waals surface area contributed by atoms with Crippen LogP contribution in [-0.2, 0) is 0 Å². The lowest BCUT2D eigenvalue weighted by Crippen LogP contribution is -2.33. The zero-order valence-corrected chi connectivity index (χ0v) is 20.6. The standard InChI is InChI=1S/C20H42BIP/c1-14(2)17(5)15(3)12-20(9,10)18(6)16(4)11-19(7,8)13-23-21-22/h14-18,23H,11-13H2,1-10H3. The van der Waals surface area contributed by atoms with Crippen molar-refractivity contribution in [1.29, 1.82) is 0 Å². The Labute approximate surface area is 164 Å². The summed E-state index contributed by atoms with van der Waals surface area (Å²) in [7, 11) is 0.998. The third-order valence-corrected chi connectivity index (χ3v) is 9.05. The van der Waals surface area contributed by atoms with E-state index in [0.29, 0.717) is 10.8 Å². The summed E-state index contributed by atoms with van der Waals surface area (Å²) >= 11 is 2.40. The van der Waals surface area contributed by atoms with Gasteiger partial charge in [0.15, 0.2) is 0 Å². The normalized spacial score (nSPS) is 19.1. The van der Waals surface area contributed by atoms with E-state index in [-0.39, 0.29) is 0 Å². The molecule has 0 saturated carbocycles. The maximum absolute atomic E-state index is 2.51. The van der Waals surface area contributed by atoms with Crippen LogP contribution in [0.1, 0.15) is 82.1 Å². The minimum atomic E-state index is 0.426. The van der Waals surface area contributed by atoms with Crippen LogP contribution < -0.4 is 0 Å². The summed E-state index contributed by atoms with van der Waals surface area (Å²) in [5.41, 5.74) is 0.899. The highest BCUT2D eigenvalue weighted by molar-refractivity contribution is 14.1. The molecule has 0 bridgehead atoms. The first-order valence-corrected chi connectivity index (χ1v) is 12.0. The van der Waals surface area contributed by atoms with Crippen molar-refractivity contribution >= 4 is 35.7 Å². The van der Waals surface area contributed by atoms with Gasteiger partial charge in [0.2, 0.25) is 4.86 Å². The Kier molecular flexibility index (Phi) is 10.9. The molecule has 0 aliphatic rings. The molecule has 0 nitrogen and oxygen atoms in total. The first-order valence-electron chi connectivity index (χ1n) is 9.49. The van der Waals surface area contributed by atoms with Gasteiger partial charge in [0, 0.05) is 0 Å². The predicted octanol–water partition coefficient (Wildman–Crippen LogP) is 7.67. The maximum Gasteiger partial charge on any atom is 0.230 e. The van der Waals surface area contributed by atoms with Crippen LogP contribution in [0.5, 0.6) is 0 Å². The molecule has 5 unspecified atom stereocenters. The third kappa shape index (κ3) is 8.93. The van der Waals surface area contributed by atoms with Gasteiger partial charge >= 0.3 is 0 Å². The van der Waals surface area contributed by atoms with E-state index in [9.17, 15) is 0 Å². The first-order chi connectivity index (χ1) is 10.3. The monoisotopic (exact) mass is 451 g/mol. The Morgan fingerprint density at radius 2 is 1.39 bits per heavy atom. The van der Waals surface area contributed by atoms with Crippen molar-refractivity contribution in [2.45, 2.75) is 82.1 Å². The van der Waals surface area contributed by atoms with Crippen LogP contribution >= 0.6 is 30.8 Å². The second kappa shape index (κ2) is 10.4. The molecule has 23 heavy (non-hydrogen) atoms. The fraction of sp³-hybridized carbons (Fsp3) is 1.00. The molecule has 0 aliphatic carbocycles. The molecule has 0 spiro atoms. The lowest BCUT2D eigenvalue weighted by molar-refractivity contribution is 0.0885. The number of hydrogen-bond donors (Lipinski definition) is 0. The molecule has 0 fully saturated rings. The highest BCUT2D eigenvalue weighted by Crippen LogP contribution is 2.44. The molecule has 0 rings (SSSR count). The molecule has 1 radical (unpaired) electrons.